The van der Waals surface area contributed by atoms with Crippen molar-refractivity contribution in [2.24, 2.45) is 4.99 Å². The molecule has 1 N–H and O–H groups in total. The molecule has 1 heterocycles. The summed E-state index contributed by atoms with van der Waals surface area (Å²) in [6, 6.07) is 4.65. The summed E-state index contributed by atoms with van der Waals surface area (Å²) in [6.07, 6.45) is 4.45. The lowest BCUT2D eigenvalue weighted by atomic mass is 10.1. The second-order valence-electron chi connectivity index (χ2n) is 3.90. The van der Waals surface area contributed by atoms with Crippen molar-refractivity contribution in [2.75, 3.05) is 14.2 Å². The zero-order valence-electron chi connectivity index (χ0n) is 11.5. The molecule has 0 unspecified atom stereocenters. The molecule has 1 aromatic heterocycles. The summed E-state index contributed by atoms with van der Waals surface area (Å²) < 4.78 is 10.2. The predicted octanol–water partition coefficient (Wildman–Crippen LogP) is 1.94. The molecule has 0 amide bonds. The number of hydrogen-bond donors (Lipinski definition) is 1. The number of methoxy groups -OCH3 is 2. The summed E-state index contributed by atoms with van der Waals surface area (Å²) >= 11 is 0. The first-order chi connectivity index (χ1) is 10.2. The van der Waals surface area contributed by atoms with Crippen LogP contribution >= 0.6 is 0 Å². The van der Waals surface area contributed by atoms with Crippen LogP contribution < -0.4 is 9.47 Å². The minimum absolute atomic E-state index is 0.0193. The molecule has 1 aromatic carbocycles. The Labute approximate surface area is 120 Å². The van der Waals surface area contributed by atoms with E-state index in [4.69, 9.17) is 9.47 Å². The fraction of sp³-hybridized carbons (Fsp3) is 0.143. The Morgan fingerprint density at radius 2 is 1.95 bits per heavy atom. The molecule has 108 valence electrons. The summed E-state index contributed by atoms with van der Waals surface area (Å²) in [5.74, 6) is -0.155. The topological polar surface area (TPSA) is 93.9 Å². The molecule has 0 aliphatic heterocycles. The van der Waals surface area contributed by atoms with Crippen LogP contribution in [0, 0.1) is 0 Å². The third kappa shape index (κ3) is 3.33. The first kappa shape index (κ1) is 14.4. The van der Waals surface area contributed by atoms with Crippen LogP contribution in [0.25, 0.3) is 0 Å². The fourth-order valence-electron chi connectivity index (χ4n) is 1.68. The number of carbonyl (C=O) groups is 1. The largest absolute Gasteiger partial charge is 0.497 e. The number of carboxylic acids is 1. The zero-order chi connectivity index (χ0) is 15.2. The third-order valence-electron chi connectivity index (χ3n) is 2.66. The van der Waals surface area contributed by atoms with Crippen molar-refractivity contribution in [2.45, 2.75) is 0 Å². The summed E-state index contributed by atoms with van der Waals surface area (Å²) in [6.45, 7) is 0. The molecule has 0 fully saturated rings. The maximum Gasteiger partial charge on any atom is 0.336 e. The van der Waals surface area contributed by atoms with E-state index in [-0.39, 0.29) is 11.5 Å². The molecule has 0 aliphatic rings. The van der Waals surface area contributed by atoms with Gasteiger partial charge >= 0.3 is 5.97 Å². The first-order valence-electron chi connectivity index (χ1n) is 5.96. The average Bonchev–Trinajstić information content (AvgIpc) is 2.52. The highest BCUT2D eigenvalue weighted by molar-refractivity contribution is 6.01. The van der Waals surface area contributed by atoms with Crippen molar-refractivity contribution >= 4 is 18.1 Å². The van der Waals surface area contributed by atoms with Crippen LogP contribution in [-0.2, 0) is 0 Å². The molecular weight excluding hydrogens is 274 g/mol. The van der Waals surface area contributed by atoms with Crippen molar-refractivity contribution < 1.29 is 19.4 Å². The van der Waals surface area contributed by atoms with Crippen molar-refractivity contribution in [1.29, 1.82) is 0 Å². The number of aromatic carboxylic acids is 1. The zero-order valence-corrected chi connectivity index (χ0v) is 11.5. The van der Waals surface area contributed by atoms with Crippen molar-refractivity contribution in [1.82, 2.24) is 9.97 Å². The molecule has 0 radical (unpaired) electrons. The van der Waals surface area contributed by atoms with Gasteiger partial charge in [0.2, 0.25) is 5.95 Å². The number of aromatic nitrogens is 2. The SMILES string of the molecule is COc1cc(OC)c(/C=N/c2ncccn2)c(C(=O)O)c1. The lowest BCUT2D eigenvalue weighted by Crippen LogP contribution is -2.05. The molecular formula is C14H13N3O4. The Kier molecular flexibility index (Phi) is 4.45. The molecule has 7 heteroatoms. The van der Waals surface area contributed by atoms with E-state index in [0.717, 1.165) is 0 Å². The minimum atomic E-state index is -1.11. The lowest BCUT2D eigenvalue weighted by molar-refractivity contribution is 0.0696. The lowest BCUT2D eigenvalue weighted by Gasteiger charge is -2.10. The van der Waals surface area contributed by atoms with Gasteiger partial charge < -0.3 is 14.6 Å². The van der Waals surface area contributed by atoms with Gasteiger partial charge in [-0.25, -0.2) is 19.8 Å². The van der Waals surface area contributed by atoms with E-state index in [2.05, 4.69) is 15.0 Å². The quantitative estimate of drug-likeness (QED) is 0.845. The van der Waals surface area contributed by atoms with Crippen LogP contribution in [0.4, 0.5) is 5.95 Å². The van der Waals surface area contributed by atoms with E-state index < -0.39 is 5.97 Å². The molecule has 0 atom stereocenters. The first-order valence-corrected chi connectivity index (χ1v) is 5.96. The molecule has 0 saturated heterocycles. The Hall–Kier alpha value is -2.96. The van der Waals surface area contributed by atoms with Crippen LogP contribution in [0.5, 0.6) is 11.5 Å². The Balaban J connectivity index is 2.50. The number of rotatable bonds is 5. The van der Waals surface area contributed by atoms with E-state index in [1.54, 1.807) is 24.5 Å². The summed E-state index contributed by atoms with van der Waals surface area (Å²) in [4.78, 5) is 23.3. The molecule has 2 aromatic rings. The molecule has 0 aliphatic carbocycles. The molecule has 0 bridgehead atoms. The van der Waals surface area contributed by atoms with E-state index in [0.29, 0.717) is 17.1 Å². The van der Waals surface area contributed by atoms with Gasteiger partial charge in [-0.3, -0.25) is 0 Å². The van der Waals surface area contributed by atoms with Crippen LogP contribution in [-0.4, -0.2) is 41.5 Å². The molecule has 21 heavy (non-hydrogen) atoms. The molecule has 0 saturated carbocycles. The molecule has 7 nitrogen and oxygen atoms in total. The van der Waals surface area contributed by atoms with Gasteiger partial charge in [-0.05, 0) is 12.1 Å². The number of aliphatic imine (C=N–C) groups is 1. The Morgan fingerprint density at radius 3 is 2.52 bits per heavy atom. The Bertz CT molecular complexity index is 671. The standard InChI is InChI=1S/C14H13N3O4/c1-20-9-6-10(13(18)19)11(12(7-9)21-2)8-17-14-15-4-3-5-16-14/h3-8H,1-2H3,(H,18,19)/b17-8+. The number of hydrogen-bond acceptors (Lipinski definition) is 6. The number of nitrogens with zero attached hydrogens (tertiary/aromatic N) is 3. The van der Waals surface area contributed by atoms with Gasteiger partial charge in [0.05, 0.1) is 19.8 Å². The maximum absolute atomic E-state index is 11.4. The van der Waals surface area contributed by atoms with Crippen molar-refractivity contribution in [3.8, 4) is 11.5 Å². The predicted molar refractivity (Wildman–Crippen MR) is 75.8 cm³/mol. The van der Waals surface area contributed by atoms with Gasteiger partial charge in [-0.1, -0.05) is 0 Å². The van der Waals surface area contributed by atoms with Crippen molar-refractivity contribution in [3.63, 3.8) is 0 Å². The smallest absolute Gasteiger partial charge is 0.336 e. The number of benzene rings is 1. The third-order valence-corrected chi connectivity index (χ3v) is 2.66. The summed E-state index contributed by atoms with van der Waals surface area (Å²) in [5, 5.41) is 9.30. The highest BCUT2D eigenvalue weighted by Gasteiger charge is 2.16. The fourth-order valence-corrected chi connectivity index (χ4v) is 1.68. The monoisotopic (exact) mass is 287 g/mol. The van der Waals surface area contributed by atoms with Crippen molar-refractivity contribution in [3.05, 3.63) is 41.7 Å². The van der Waals surface area contributed by atoms with E-state index >= 15 is 0 Å². The number of ether oxygens (including phenoxy) is 2. The van der Waals surface area contributed by atoms with Crippen LogP contribution in [0.2, 0.25) is 0 Å². The Morgan fingerprint density at radius 1 is 1.24 bits per heavy atom. The second kappa shape index (κ2) is 6.47. The number of carboxylic acid groups (broad SMARTS) is 1. The van der Waals surface area contributed by atoms with E-state index in [1.807, 2.05) is 0 Å². The van der Waals surface area contributed by atoms with Gasteiger partial charge in [-0.15, -0.1) is 0 Å². The maximum atomic E-state index is 11.4. The van der Waals surface area contributed by atoms with Gasteiger partial charge in [-0.2, -0.15) is 0 Å². The highest BCUT2D eigenvalue weighted by Crippen LogP contribution is 2.28. The van der Waals surface area contributed by atoms with Crippen LogP contribution in [0.15, 0.2) is 35.6 Å². The van der Waals surface area contributed by atoms with Gasteiger partial charge in [0.1, 0.15) is 11.5 Å². The molecule has 2 rings (SSSR count). The molecule has 0 spiro atoms. The highest BCUT2D eigenvalue weighted by atomic mass is 16.5. The van der Waals surface area contributed by atoms with Crippen LogP contribution in [0.1, 0.15) is 15.9 Å². The van der Waals surface area contributed by atoms with E-state index in [1.165, 1.54) is 26.5 Å². The summed E-state index contributed by atoms with van der Waals surface area (Å²) in [7, 11) is 2.89. The normalized spacial score (nSPS) is 10.6. The van der Waals surface area contributed by atoms with Gasteiger partial charge in [0.25, 0.3) is 0 Å². The summed E-state index contributed by atoms with van der Waals surface area (Å²) in [5.41, 5.74) is 0.337. The second-order valence-corrected chi connectivity index (χ2v) is 3.90. The van der Waals surface area contributed by atoms with E-state index in [9.17, 15) is 9.90 Å². The average molecular weight is 287 g/mol. The minimum Gasteiger partial charge on any atom is -0.497 e. The van der Waals surface area contributed by atoms with Gasteiger partial charge in [0.15, 0.2) is 0 Å². The van der Waals surface area contributed by atoms with Gasteiger partial charge in [0, 0.05) is 30.2 Å². The van der Waals surface area contributed by atoms with Crippen LogP contribution in [0.3, 0.4) is 0 Å².